The molecule has 0 aromatic heterocycles. The fraction of sp³-hybridized carbons (Fsp3) is 0.538. The lowest BCUT2D eigenvalue weighted by Crippen LogP contribution is -2.24. The minimum atomic E-state index is 0.405. The average Bonchev–Trinajstić information content (AvgIpc) is 2.86. The van der Waals surface area contributed by atoms with Crippen LogP contribution in [0.1, 0.15) is 24.8 Å². The predicted molar refractivity (Wildman–Crippen MR) is 68.3 cm³/mol. The third kappa shape index (κ3) is 1.49. The Morgan fingerprint density at radius 1 is 1.25 bits per heavy atom. The molecule has 86 valence electrons. The Hall–Kier alpha value is -0.240. The Kier molecular flexibility index (Phi) is 2.47. The quantitative estimate of drug-likeness (QED) is 0.851. The summed E-state index contributed by atoms with van der Waals surface area (Å²) < 4.78 is 0. The van der Waals surface area contributed by atoms with Crippen molar-refractivity contribution in [3.05, 3.63) is 33.8 Å². The first-order valence-corrected chi connectivity index (χ1v) is 6.54. The van der Waals surface area contributed by atoms with Crippen LogP contribution < -0.4 is 5.32 Å². The molecule has 2 fully saturated rings. The SMILES string of the molecule is CNC1CC2CC2(c2ccc(Cl)c(Cl)c2)C1. The van der Waals surface area contributed by atoms with Crippen LogP contribution in [-0.2, 0) is 5.41 Å². The van der Waals surface area contributed by atoms with E-state index >= 15 is 0 Å². The van der Waals surface area contributed by atoms with Crippen LogP contribution in [0.25, 0.3) is 0 Å². The summed E-state index contributed by atoms with van der Waals surface area (Å²) in [5.41, 5.74) is 1.78. The lowest BCUT2D eigenvalue weighted by molar-refractivity contribution is 0.507. The number of benzene rings is 1. The number of rotatable bonds is 2. The molecule has 3 rings (SSSR count). The summed E-state index contributed by atoms with van der Waals surface area (Å²) in [5, 5.41) is 4.73. The van der Waals surface area contributed by atoms with Crippen molar-refractivity contribution in [3.63, 3.8) is 0 Å². The van der Waals surface area contributed by atoms with Gasteiger partial charge in [0.15, 0.2) is 0 Å². The van der Waals surface area contributed by atoms with Crippen LogP contribution in [0, 0.1) is 5.92 Å². The van der Waals surface area contributed by atoms with Crippen molar-refractivity contribution < 1.29 is 0 Å². The molecule has 3 atom stereocenters. The average molecular weight is 256 g/mol. The highest BCUT2D eigenvalue weighted by Gasteiger charge is 2.60. The maximum Gasteiger partial charge on any atom is 0.0595 e. The van der Waals surface area contributed by atoms with Crippen LogP contribution in [0.15, 0.2) is 18.2 Å². The molecule has 0 spiro atoms. The molecular weight excluding hydrogens is 241 g/mol. The second-order valence-corrected chi connectivity index (χ2v) is 5.93. The van der Waals surface area contributed by atoms with Gasteiger partial charge in [0, 0.05) is 11.5 Å². The van der Waals surface area contributed by atoms with Gasteiger partial charge in [-0.15, -0.1) is 0 Å². The van der Waals surface area contributed by atoms with E-state index in [4.69, 9.17) is 23.2 Å². The van der Waals surface area contributed by atoms with Crippen LogP contribution >= 0.6 is 23.2 Å². The molecule has 1 aromatic carbocycles. The first kappa shape index (κ1) is 10.9. The molecule has 0 radical (unpaired) electrons. The number of fused-ring (bicyclic) bond motifs is 1. The maximum atomic E-state index is 6.10. The smallest absolute Gasteiger partial charge is 0.0595 e. The summed E-state index contributed by atoms with van der Waals surface area (Å²) in [5.74, 6) is 0.849. The summed E-state index contributed by atoms with van der Waals surface area (Å²) in [7, 11) is 2.05. The summed E-state index contributed by atoms with van der Waals surface area (Å²) in [6, 6.07) is 6.80. The highest BCUT2D eigenvalue weighted by atomic mass is 35.5. The first-order valence-electron chi connectivity index (χ1n) is 5.78. The van der Waals surface area contributed by atoms with E-state index < -0.39 is 0 Å². The Bertz CT molecular complexity index is 432. The third-order valence-corrected chi connectivity index (χ3v) is 5.05. The van der Waals surface area contributed by atoms with Crippen LogP contribution in [0.2, 0.25) is 10.0 Å². The Labute approximate surface area is 106 Å². The Morgan fingerprint density at radius 3 is 2.69 bits per heavy atom. The molecule has 1 aromatic rings. The highest BCUT2D eigenvalue weighted by Crippen LogP contribution is 2.64. The molecule has 3 heteroatoms. The standard InChI is InChI=1S/C13H15Cl2N/c1-16-10-4-9-6-13(9,7-10)8-2-3-11(14)12(15)5-8/h2-3,5,9-10,16H,4,6-7H2,1H3. The molecule has 1 N–H and O–H groups in total. The predicted octanol–water partition coefficient (Wildman–Crippen LogP) is 3.63. The van der Waals surface area contributed by atoms with Gasteiger partial charge in [-0.2, -0.15) is 0 Å². The van der Waals surface area contributed by atoms with Crippen LogP contribution in [0.3, 0.4) is 0 Å². The maximum absolute atomic E-state index is 6.10. The Balaban J connectivity index is 1.91. The zero-order valence-electron chi connectivity index (χ0n) is 9.26. The second-order valence-electron chi connectivity index (χ2n) is 5.11. The van der Waals surface area contributed by atoms with Crippen molar-refractivity contribution in [3.8, 4) is 0 Å². The molecule has 2 aliphatic carbocycles. The minimum absolute atomic E-state index is 0.405. The lowest BCUT2D eigenvalue weighted by atomic mass is 9.92. The summed E-state index contributed by atoms with van der Waals surface area (Å²) in [6.45, 7) is 0. The van der Waals surface area contributed by atoms with Crippen LogP contribution in [0.4, 0.5) is 0 Å². The van der Waals surface area contributed by atoms with Gasteiger partial charge < -0.3 is 5.32 Å². The second kappa shape index (κ2) is 3.63. The van der Waals surface area contributed by atoms with Crippen molar-refractivity contribution in [2.45, 2.75) is 30.7 Å². The topological polar surface area (TPSA) is 12.0 Å². The molecule has 0 bridgehead atoms. The molecule has 0 saturated heterocycles. The van der Waals surface area contributed by atoms with E-state index in [1.807, 2.05) is 6.07 Å². The normalized spacial score (nSPS) is 36.2. The van der Waals surface area contributed by atoms with E-state index in [0.717, 1.165) is 5.92 Å². The molecule has 16 heavy (non-hydrogen) atoms. The van der Waals surface area contributed by atoms with E-state index in [-0.39, 0.29) is 0 Å². The minimum Gasteiger partial charge on any atom is -0.317 e. The Morgan fingerprint density at radius 2 is 2.06 bits per heavy atom. The van der Waals surface area contributed by atoms with Crippen molar-refractivity contribution >= 4 is 23.2 Å². The van der Waals surface area contributed by atoms with Crippen molar-refractivity contribution in [2.24, 2.45) is 5.92 Å². The fourth-order valence-electron chi connectivity index (χ4n) is 3.30. The van der Waals surface area contributed by atoms with Gasteiger partial charge in [0.2, 0.25) is 0 Å². The highest BCUT2D eigenvalue weighted by molar-refractivity contribution is 6.42. The zero-order valence-corrected chi connectivity index (χ0v) is 10.8. The zero-order chi connectivity index (χ0) is 11.3. The number of nitrogens with one attached hydrogen (secondary N) is 1. The molecule has 2 saturated carbocycles. The van der Waals surface area contributed by atoms with Gasteiger partial charge in [0.1, 0.15) is 0 Å². The monoisotopic (exact) mass is 255 g/mol. The van der Waals surface area contributed by atoms with E-state index in [1.54, 1.807) is 0 Å². The van der Waals surface area contributed by atoms with Crippen LogP contribution in [0.5, 0.6) is 0 Å². The summed E-state index contributed by atoms with van der Waals surface area (Å²) in [6.07, 6.45) is 3.87. The van der Waals surface area contributed by atoms with E-state index in [2.05, 4.69) is 24.5 Å². The number of halogens is 2. The number of hydrogen-bond donors (Lipinski definition) is 1. The van der Waals surface area contributed by atoms with E-state index in [9.17, 15) is 0 Å². The third-order valence-electron chi connectivity index (χ3n) is 4.31. The molecule has 0 heterocycles. The molecule has 0 amide bonds. The van der Waals surface area contributed by atoms with Gasteiger partial charge in [-0.25, -0.2) is 0 Å². The molecule has 3 unspecified atom stereocenters. The lowest BCUT2D eigenvalue weighted by Gasteiger charge is -2.17. The van der Waals surface area contributed by atoms with Gasteiger partial charge in [-0.05, 0) is 49.9 Å². The molecule has 2 aliphatic rings. The van der Waals surface area contributed by atoms with Crippen molar-refractivity contribution in [1.29, 1.82) is 0 Å². The molecule has 0 aliphatic heterocycles. The summed E-state index contributed by atoms with van der Waals surface area (Å²) in [4.78, 5) is 0. The van der Waals surface area contributed by atoms with Gasteiger partial charge in [0.25, 0.3) is 0 Å². The van der Waals surface area contributed by atoms with Crippen molar-refractivity contribution in [1.82, 2.24) is 5.32 Å². The largest absolute Gasteiger partial charge is 0.317 e. The molecule has 1 nitrogen and oxygen atoms in total. The molecular formula is C13H15Cl2N. The van der Waals surface area contributed by atoms with Gasteiger partial charge in [-0.1, -0.05) is 29.3 Å². The van der Waals surface area contributed by atoms with Crippen molar-refractivity contribution in [2.75, 3.05) is 7.05 Å². The first-order chi connectivity index (χ1) is 7.65. The number of hydrogen-bond acceptors (Lipinski definition) is 1. The van der Waals surface area contributed by atoms with E-state index in [0.29, 0.717) is 21.5 Å². The van der Waals surface area contributed by atoms with Gasteiger partial charge in [0.05, 0.1) is 10.0 Å². The van der Waals surface area contributed by atoms with Gasteiger partial charge in [-0.3, -0.25) is 0 Å². The van der Waals surface area contributed by atoms with E-state index in [1.165, 1.54) is 24.8 Å². The van der Waals surface area contributed by atoms with Crippen LogP contribution in [-0.4, -0.2) is 13.1 Å². The fourth-order valence-corrected chi connectivity index (χ4v) is 3.60. The summed E-state index contributed by atoms with van der Waals surface area (Å²) >= 11 is 12.1. The van der Waals surface area contributed by atoms with Gasteiger partial charge >= 0.3 is 0 Å².